The summed E-state index contributed by atoms with van der Waals surface area (Å²) in [6.07, 6.45) is 0.712. The SMILES string of the molecule is CCN(Cc1cccc2nonc12)[C@@H]1CCS(=O)(=O)C1. The lowest BCUT2D eigenvalue weighted by Gasteiger charge is -2.26. The molecule has 1 fully saturated rings. The van der Waals surface area contributed by atoms with Crippen LogP contribution in [0.2, 0.25) is 0 Å². The summed E-state index contributed by atoms with van der Waals surface area (Å²) in [6.45, 7) is 3.52. The lowest BCUT2D eigenvalue weighted by molar-refractivity contribution is 0.215. The molecule has 0 bridgehead atoms. The van der Waals surface area contributed by atoms with Crippen molar-refractivity contribution in [2.75, 3.05) is 18.1 Å². The van der Waals surface area contributed by atoms with Gasteiger partial charge in [-0.05, 0) is 34.9 Å². The monoisotopic (exact) mass is 295 g/mol. The Labute approximate surface area is 117 Å². The summed E-state index contributed by atoms with van der Waals surface area (Å²) in [5.41, 5.74) is 2.51. The molecular formula is C13H17N3O3S. The molecule has 1 aliphatic heterocycles. The van der Waals surface area contributed by atoms with Gasteiger partial charge in [-0.3, -0.25) is 4.90 Å². The molecule has 0 N–H and O–H groups in total. The Hall–Kier alpha value is -1.47. The standard InChI is InChI=1S/C13H17N3O3S/c1-2-16(11-6-7-20(17,18)9-11)8-10-4-3-5-12-13(10)15-19-14-12/h3-5,11H,2,6-9H2,1H3/t11-/m1/s1. The van der Waals surface area contributed by atoms with E-state index in [0.717, 1.165) is 23.1 Å². The minimum absolute atomic E-state index is 0.0973. The molecule has 6 nitrogen and oxygen atoms in total. The van der Waals surface area contributed by atoms with Crippen molar-refractivity contribution in [1.82, 2.24) is 15.2 Å². The van der Waals surface area contributed by atoms with E-state index < -0.39 is 9.84 Å². The molecule has 1 saturated heterocycles. The van der Waals surface area contributed by atoms with Crippen molar-refractivity contribution < 1.29 is 13.0 Å². The third-order valence-electron chi connectivity index (χ3n) is 3.87. The van der Waals surface area contributed by atoms with Crippen LogP contribution in [0, 0.1) is 0 Å². The van der Waals surface area contributed by atoms with Gasteiger partial charge in [-0.15, -0.1) is 0 Å². The van der Waals surface area contributed by atoms with Gasteiger partial charge in [0.05, 0.1) is 11.5 Å². The number of sulfone groups is 1. The van der Waals surface area contributed by atoms with E-state index in [2.05, 4.69) is 15.2 Å². The molecule has 1 atom stereocenters. The van der Waals surface area contributed by atoms with E-state index in [0.29, 0.717) is 18.7 Å². The summed E-state index contributed by atoms with van der Waals surface area (Å²) in [5, 5.41) is 7.76. The zero-order valence-electron chi connectivity index (χ0n) is 11.3. The normalized spacial score (nSPS) is 21.8. The highest BCUT2D eigenvalue weighted by Crippen LogP contribution is 2.22. The van der Waals surface area contributed by atoms with Crippen LogP contribution in [0.5, 0.6) is 0 Å². The Kier molecular flexibility index (Phi) is 3.47. The molecule has 2 aromatic rings. The zero-order valence-corrected chi connectivity index (χ0v) is 12.1. The molecule has 20 heavy (non-hydrogen) atoms. The van der Waals surface area contributed by atoms with Crippen LogP contribution in [-0.4, -0.2) is 47.7 Å². The molecule has 3 rings (SSSR count). The third-order valence-corrected chi connectivity index (χ3v) is 5.62. The first kappa shape index (κ1) is 13.5. The van der Waals surface area contributed by atoms with Crippen molar-refractivity contribution in [1.29, 1.82) is 0 Å². The summed E-state index contributed by atoms with van der Waals surface area (Å²) in [7, 11) is -2.86. The van der Waals surface area contributed by atoms with E-state index in [1.807, 2.05) is 25.1 Å². The fourth-order valence-electron chi connectivity index (χ4n) is 2.77. The van der Waals surface area contributed by atoms with Gasteiger partial charge < -0.3 is 0 Å². The average Bonchev–Trinajstić information content (AvgIpc) is 3.02. The van der Waals surface area contributed by atoms with Crippen molar-refractivity contribution >= 4 is 20.9 Å². The quantitative estimate of drug-likeness (QED) is 0.844. The number of rotatable bonds is 4. The molecule has 0 radical (unpaired) electrons. The Bertz CT molecular complexity index is 710. The predicted octanol–water partition coefficient (Wildman–Crippen LogP) is 1.23. The third kappa shape index (κ3) is 2.55. The predicted molar refractivity (Wildman–Crippen MR) is 74.9 cm³/mol. The van der Waals surface area contributed by atoms with Crippen molar-refractivity contribution in [3.63, 3.8) is 0 Å². The molecule has 7 heteroatoms. The molecule has 2 heterocycles. The van der Waals surface area contributed by atoms with Crippen LogP contribution in [0.4, 0.5) is 0 Å². The van der Waals surface area contributed by atoms with Gasteiger partial charge in [0.1, 0.15) is 11.0 Å². The first-order chi connectivity index (χ1) is 9.59. The molecular weight excluding hydrogens is 278 g/mol. The van der Waals surface area contributed by atoms with Crippen LogP contribution in [-0.2, 0) is 16.4 Å². The molecule has 0 amide bonds. The summed E-state index contributed by atoms with van der Waals surface area (Å²) in [5.74, 6) is 0.553. The first-order valence-electron chi connectivity index (χ1n) is 6.73. The molecule has 0 spiro atoms. The molecule has 0 saturated carbocycles. The molecule has 0 aliphatic carbocycles. The lowest BCUT2D eigenvalue weighted by atomic mass is 10.1. The zero-order chi connectivity index (χ0) is 14.2. The fraction of sp³-hybridized carbons (Fsp3) is 0.538. The minimum atomic E-state index is -2.86. The molecule has 108 valence electrons. The van der Waals surface area contributed by atoms with Crippen molar-refractivity contribution in [3.8, 4) is 0 Å². The van der Waals surface area contributed by atoms with E-state index in [-0.39, 0.29) is 11.8 Å². The summed E-state index contributed by atoms with van der Waals surface area (Å²) < 4.78 is 28.0. The summed E-state index contributed by atoms with van der Waals surface area (Å²) >= 11 is 0. The van der Waals surface area contributed by atoms with Gasteiger partial charge in [0, 0.05) is 12.6 Å². The highest BCUT2D eigenvalue weighted by molar-refractivity contribution is 7.91. The van der Waals surface area contributed by atoms with E-state index in [4.69, 9.17) is 4.63 Å². The summed E-state index contributed by atoms with van der Waals surface area (Å²) in [4.78, 5) is 2.19. The number of hydrogen-bond acceptors (Lipinski definition) is 6. The van der Waals surface area contributed by atoms with Crippen LogP contribution in [0.3, 0.4) is 0 Å². The Morgan fingerprint density at radius 2 is 2.25 bits per heavy atom. The second-order valence-electron chi connectivity index (χ2n) is 5.17. The maximum Gasteiger partial charge on any atom is 0.151 e. The van der Waals surface area contributed by atoms with Crippen LogP contribution in [0.1, 0.15) is 18.9 Å². The maximum absolute atomic E-state index is 11.6. The van der Waals surface area contributed by atoms with Gasteiger partial charge in [0.2, 0.25) is 0 Å². The van der Waals surface area contributed by atoms with Crippen molar-refractivity contribution in [3.05, 3.63) is 23.8 Å². The van der Waals surface area contributed by atoms with Gasteiger partial charge in [0.25, 0.3) is 0 Å². The van der Waals surface area contributed by atoms with Crippen LogP contribution < -0.4 is 0 Å². The van der Waals surface area contributed by atoms with Crippen LogP contribution >= 0.6 is 0 Å². The molecule has 1 aliphatic rings. The Morgan fingerprint density at radius 3 is 2.95 bits per heavy atom. The Morgan fingerprint density at radius 1 is 1.40 bits per heavy atom. The van der Waals surface area contributed by atoms with E-state index >= 15 is 0 Å². The van der Waals surface area contributed by atoms with Crippen LogP contribution in [0.15, 0.2) is 22.8 Å². The van der Waals surface area contributed by atoms with Gasteiger partial charge in [0.15, 0.2) is 9.84 Å². The van der Waals surface area contributed by atoms with Gasteiger partial charge in [-0.1, -0.05) is 19.1 Å². The number of fused-ring (bicyclic) bond motifs is 1. The maximum atomic E-state index is 11.6. The highest BCUT2D eigenvalue weighted by Gasteiger charge is 2.31. The number of aromatic nitrogens is 2. The molecule has 1 aromatic carbocycles. The minimum Gasteiger partial charge on any atom is -0.295 e. The lowest BCUT2D eigenvalue weighted by Crippen LogP contribution is -2.35. The van der Waals surface area contributed by atoms with Crippen molar-refractivity contribution in [2.24, 2.45) is 0 Å². The van der Waals surface area contributed by atoms with Crippen molar-refractivity contribution in [2.45, 2.75) is 25.9 Å². The average molecular weight is 295 g/mol. The van der Waals surface area contributed by atoms with E-state index in [1.54, 1.807) is 0 Å². The molecule has 0 unspecified atom stereocenters. The number of hydrogen-bond donors (Lipinski definition) is 0. The van der Waals surface area contributed by atoms with Crippen LogP contribution in [0.25, 0.3) is 11.0 Å². The molecule has 1 aromatic heterocycles. The first-order valence-corrected chi connectivity index (χ1v) is 8.56. The number of nitrogens with zero attached hydrogens (tertiary/aromatic N) is 3. The van der Waals surface area contributed by atoms with E-state index in [9.17, 15) is 8.42 Å². The van der Waals surface area contributed by atoms with Gasteiger partial charge in [-0.2, -0.15) is 0 Å². The highest BCUT2D eigenvalue weighted by atomic mass is 32.2. The van der Waals surface area contributed by atoms with Gasteiger partial charge >= 0.3 is 0 Å². The smallest absolute Gasteiger partial charge is 0.151 e. The second kappa shape index (κ2) is 5.14. The van der Waals surface area contributed by atoms with Gasteiger partial charge in [-0.25, -0.2) is 13.0 Å². The number of benzene rings is 1. The van der Waals surface area contributed by atoms with E-state index in [1.165, 1.54) is 0 Å². The fourth-order valence-corrected chi connectivity index (χ4v) is 4.53. The largest absolute Gasteiger partial charge is 0.295 e. The Balaban J connectivity index is 1.83. The topological polar surface area (TPSA) is 76.3 Å². The second-order valence-corrected chi connectivity index (χ2v) is 7.40. The summed E-state index contributed by atoms with van der Waals surface area (Å²) in [6, 6.07) is 5.85.